The fourth-order valence-corrected chi connectivity index (χ4v) is 2.59. The molecule has 0 aliphatic heterocycles. The van der Waals surface area contributed by atoms with E-state index in [0.29, 0.717) is 19.4 Å². The van der Waals surface area contributed by atoms with E-state index in [9.17, 15) is 18.4 Å². The van der Waals surface area contributed by atoms with Gasteiger partial charge in [-0.05, 0) is 53.0 Å². The van der Waals surface area contributed by atoms with E-state index in [-0.39, 0.29) is 25.5 Å². The first-order valence-corrected chi connectivity index (χ1v) is 7.63. The second kappa shape index (κ2) is 7.35. The van der Waals surface area contributed by atoms with Crippen LogP contribution in [0.25, 0.3) is 0 Å². The van der Waals surface area contributed by atoms with Crippen LogP contribution in [0.1, 0.15) is 46.5 Å². The number of hydrogen-bond donors (Lipinski definition) is 2. The van der Waals surface area contributed by atoms with Gasteiger partial charge in [-0.3, -0.25) is 4.79 Å². The topological polar surface area (TPSA) is 75.6 Å². The summed E-state index contributed by atoms with van der Waals surface area (Å²) in [6, 6.07) is -0.116. The first-order chi connectivity index (χ1) is 10.1. The number of aliphatic carboxylic acids is 1. The molecule has 0 spiro atoms. The summed E-state index contributed by atoms with van der Waals surface area (Å²) >= 11 is 0. The molecule has 7 heteroatoms. The van der Waals surface area contributed by atoms with Gasteiger partial charge >= 0.3 is 17.9 Å². The van der Waals surface area contributed by atoms with Crippen molar-refractivity contribution in [1.29, 1.82) is 0 Å². The van der Waals surface area contributed by atoms with E-state index in [1.54, 1.807) is 13.8 Å². The van der Waals surface area contributed by atoms with E-state index < -0.39 is 29.2 Å². The van der Waals surface area contributed by atoms with Crippen LogP contribution in [-0.2, 0) is 14.3 Å². The van der Waals surface area contributed by atoms with Crippen LogP contribution in [0.15, 0.2) is 0 Å². The molecule has 1 fully saturated rings. The normalized spacial score (nSPS) is 22.6. The monoisotopic (exact) mass is 321 g/mol. The zero-order valence-electron chi connectivity index (χ0n) is 13.3. The minimum Gasteiger partial charge on any atom is -0.481 e. The van der Waals surface area contributed by atoms with Gasteiger partial charge in [-0.15, -0.1) is 0 Å². The molecule has 0 radical (unpaired) electrons. The number of carboxylic acids is 1. The van der Waals surface area contributed by atoms with E-state index in [1.807, 2.05) is 0 Å². The Labute approximate surface area is 129 Å². The lowest BCUT2D eigenvalue weighted by Gasteiger charge is -2.22. The predicted octanol–water partition coefficient (Wildman–Crippen LogP) is 2.44. The number of carbonyl (C=O) groups is 2. The third-order valence-corrected chi connectivity index (χ3v) is 4.25. The molecule has 128 valence electrons. The van der Waals surface area contributed by atoms with Gasteiger partial charge in [0.2, 0.25) is 0 Å². The Kier molecular flexibility index (Phi) is 6.28. The first-order valence-electron chi connectivity index (χ1n) is 7.63. The van der Waals surface area contributed by atoms with Gasteiger partial charge in [0.25, 0.3) is 0 Å². The number of alkyl halides is 2. The van der Waals surface area contributed by atoms with Crippen LogP contribution in [0.3, 0.4) is 0 Å². The maximum Gasteiger partial charge on any atom is 0.377 e. The standard InChI is InChI=1S/C15H25F2NO4/c1-4-22-13(21)15(16,17)10-5-6-11(9-10)18-8-7-14(2,3)12(19)20/h10-11,18H,4-9H2,1-3H3,(H,19,20). The minimum atomic E-state index is -3.45. The number of esters is 1. The lowest BCUT2D eigenvalue weighted by molar-refractivity contribution is -0.179. The van der Waals surface area contributed by atoms with Crippen LogP contribution >= 0.6 is 0 Å². The number of carboxylic acid groups (broad SMARTS) is 1. The molecule has 0 amide bonds. The molecule has 2 atom stereocenters. The summed E-state index contributed by atoms with van der Waals surface area (Å²) in [5.74, 6) is -6.80. The van der Waals surface area contributed by atoms with Gasteiger partial charge < -0.3 is 15.2 Å². The van der Waals surface area contributed by atoms with E-state index in [1.165, 1.54) is 6.92 Å². The molecule has 0 bridgehead atoms. The molecule has 0 aromatic heterocycles. The van der Waals surface area contributed by atoms with E-state index in [0.717, 1.165) is 0 Å². The molecule has 1 rings (SSSR count). The highest BCUT2D eigenvalue weighted by atomic mass is 19.3. The Morgan fingerprint density at radius 1 is 1.32 bits per heavy atom. The van der Waals surface area contributed by atoms with E-state index in [4.69, 9.17) is 5.11 Å². The number of nitrogens with one attached hydrogen (secondary N) is 1. The summed E-state index contributed by atoms with van der Waals surface area (Å²) in [6.07, 6.45) is 1.41. The van der Waals surface area contributed by atoms with Crippen LogP contribution < -0.4 is 5.32 Å². The van der Waals surface area contributed by atoms with Crippen molar-refractivity contribution in [2.75, 3.05) is 13.2 Å². The van der Waals surface area contributed by atoms with Crippen LogP contribution in [0.4, 0.5) is 8.78 Å². The van der Waals surface area contributed by atoms with Gasteiger partial charge in [0, 0.05) is 12.0 Å². The number of hydrogen-bond acceptors (Lipinski definition) is 4. The summed E-state index contributed by atoms with van der Waals surface area (Å²) in [4.78, 5) is 22.3. The summed E-state index contributed by atoms with van der Waals surface area (Å²) in [5, 5.41) is 12.1. The third kappa shape index (κ3) is 4.63. The molecule has 22 heavy (non-hydrogen) atoms. The number of ether oxygens (including phenoxy) is 1. The predicted molar refractivity (Wildman–Crippen MR) is 76.7 cm³/mol. The van der Waals surface area contributed by atoms with Crippen molar-refractivity contribution in [2.24, 2.45) is 11.3 Å². The van der Waals surface area contributed by atoms with Gasteiger partial charge in [-0.1, -0.05) is 0 Å². The highest BCUT2D eigenvalue weighted by molar-refractivity contribution is 5.78. The fourth-order valence-electron chi connectivity index (χ4n) is 2.59. The molecule has 0 aromatic rings. The molecule has 2 N–H and O–H groups in total. The van der Waals surface area contributed by atoms with Crippen LogP contribution in [0.2, 0.25) is 0 Å². The zero-order valence-corrected chi connectivity index (χ0v) is 13.3. The van der Waals surface area contributed by atoms with Crippen LogP contribution in [-0.4, -0.2) is 42.2 Å². The Balaban J connectivity index is 2.43. The van der Waals surface area contributed by atoms with Crippen molar-refractivity contribution < 1.29 is 28.2 Å². The van der Waals surface area contributed by atoms with E-state index >= 15 is 0 Å². The summed E-state index contributed by atoms with van der Waals surface area (Å²) in [5.41, 5.74) is -0.847. The maximum absolute atomic E-state index is 13.9. The van der Waals surface area contributed by atoms with Crippen molar-refractivity contribution in [1.82, 2.24) is 5.32 Å². The van der Waals surface area contributed by atoms with Crippen LogP contribution in [0.5, 0.6) is 0 Å². The highest BCUT2D eigenvalue weighted by Gasteiger charge is 2.51. The largest absolute Gasteiger partial charge is 0.481 e. The Morgan fingerprint density at radius 3 is 2.50 bits per heavy atom. The number of rotatable bonds is 8. The quantitative estimate of drug-likeness (QED) is 0.672. The SMILES string of the molecule is CCOC(=O)C(F)(F)C1CCC(NCCC(C)(C)C(=O)O)C1. The molecular formula is C15H25F2NO4. The average molecular weight is 321 g/mol. The zero-order chi connectivity index (χ0) is 17.0. The molecular weight excluding hydrogens is 296 g/mol. The molecule has 1 aliphatic rings. The van der Waals surface area contributed by atoms with Crippen molar-refractivity contribution >= 4 is 11.9 Å². The second-order valence-corrected chi connectivity index (χ2v) is 6.44. The third-order valence-electron chi connectivity index (χ3n) is 4.25. The molecule has 0 saturated heterocycles. The molecule has 2 unspecified atom stereocenters. The van der Waals surface area contributed by atoms with Crippen LogP contribution in [0, 0.1) is 11.3 Å². The molecule has 1 saturated carbocycles. The van der Waals surface area contributed by atoms with Crippen molar-refractivity contribution in [3.05, 3.63) is 0 Å². The van der Waals surface area contributed by atoms with Crippen molar-refractivity contribution in [2.45, 2.75) is 58.4 Å². The van der Waals surface area contributed by atoms with Gasteiger partial charge in [-0.25, -0.2) is 4.79 Å². The number of halogens is 2. The van der Waals surface area contributed by atoms with Gasteiger partial charge in [-0.2, -0.15) is 8.78 Å². The van der Waals surface area contributed by atoms with E-state index in [2.05, 4.69) is 10.1 Å². The summed E-state index contributed by atoms with van der Waals surface area (Å²) < 4.78 is 32.3. The van der Waals surface area contributed by atoms with Gasteiger partial charge in [0.05, 0.1) is 12.0 Å². The molecule has 5 nitrogen and oxygen atoms in total. The number of carbonyl (C=O) groups excluding carboxylic acids is 1. The molecule has 0 heterocycles. The fraction of sp³-hybridized carbons (Fsp3) is 0.867. The summed E-state index contributed by atoms with van der Waals surface area (Å²) in [6.45, 7) is 5.14. The smallest absolute Gasteiger partial charge is 0.377 e. The first kappa shape index (κ1) is 18.8. The second-order valence-electron chi connectivity index (χ2n) is 6.44. The maximum atomic E-state index is 13.9. The Hall–Kier alpha value is -1.24. The summed E-state index contributed by atoms with van der Waals surface area (Å²) in [7, 11) is 0. The van der Waals surface area contributed by atoms with Gasteiger partial charge in [0.15, 0.2) is 0 Å². The Morgan fingerprint density at radius 2 is 1.95 bits per heavy atom. The van der Waals surface area contributed by atoms with Gasteiger partial charge in [0.1, 0.15) is 0 Å². The average Bonchev–Trinajstić information content (AvgIpc) is 2.88. The lowest BCUT2D eigenvalue weighted by atomic mass is 9.89. The highest BCUT2D eigenvalue weighted by Crippen LogP contribution is 2.39. The minimum absolute atomic E-state index is 0.0624. The Bertz CT molecular complexity index is 412. The molecule has 1 aliphatic carbocycles. The van der Waals surface area contributed by atoms with Crippen molar-refractivity contribution in [3.63, 3.8) is 0 Å². The van der Waals surface area contributed by atoms with Crippen molar-refractivity contribution in [3.8, 4) is 0 Å². The lowest BCUT2D eigenvalue weighted by Crippen LogP contribution is -2.39. The molecule has 0 aromatic carbocycles.